The lowest BCUT2D eigenvalue weighted by Crippen LogP contribution is -2.07. The molecule has 0 radical (unpaired) electrons. The van der Waals surface area contributed by atoms with Gasteiger partial charge in [0.05, 0.1) is 5.56 Å². The van der Waals surface area contributed by atoms with Crippen LogP contribution in [0.2, 0.25) is 0 Å². The number of aryl methyl sites for hydroxylation is 2. The van der Waals surface area contributed by atoms with Crippen molar-refractivity contribution in [3.05, 3.63) is 64.7 Å². The van der Waals surface area contributed by atoms with Crippen LogP contribution in [-0.2, 0) is 6.54 Å². The Morgan fingerprint density at radius 3 is 2.63 bits per heavy atom. The molecule has 0 spiro atoms. The Morgan fingerprint density at radius 1 is 1.16 bits per heavy atom. The summed E-state index contributed by atoms with van der Waals surface area (Å²) in [5.41, 5.74) is 4.53. The number of aromatic carboxylic acids is 1. The molecule has 0 aliphatic carbocycles. The van der Waals surface area contributed by atoms with Crippen LogP contribution < -0.4 is 5.32 Å². The zero-order valence-electron chi connectivity index (χ0n) is 11.1. The van der Waals surface area contributed by atoms with Crippen LogP contribution in [0, 0.1) is 13.8 Å². The summed E-state index contributed by atoms with van der Waals surface area (Å²) in [6.07, 6.45) is 0. The van der Waals surface area contributed by atoms with Crippen molar-refractivity contribution in [3.63, 3.8) is 0 Å². The van der Waals surface area contributed by atoms with Gasteiger partial charge in [0.15, 0.2) is 0 Å². The van der Waals surface area contributed by atoms with Crippen molar-refractivity contribution in [3.8, 4) is 0 Å². The fourth-order valence-electron chi connectivity index (χ4n) is 2.00. The molecule has 2 rings (SSSR count). The Balaban J connectivity index is 2.19. The van der Waals surface area contributed by atoms with E-state index in [0.717, 1.165) is 0 Å². The van der Waals surface area contributed by atoms with Gasteiger partial charge < -0.3 is 10.4 Å². The van der Waals surface area contributed by atoms with E-state index in [2.05, 4.69) is 30.4 Å². The maximum absolute atomic E-state index is 11.1. The van der Waals surface area contributed by atoms with E-state index >= 15 is 0 Å². The minimum atomic E-state index is -0.913. The Labute approximate surface area is 112 Å². The molecular formula is C16H17NO2. The highest BCUT2D eigenvalue weighted by atomic mass is 16.4. The fourth-order valence-corrected chi connectivity index (χ4v) is 2.00. The number of anilines is 1. The van der Waals surface area contributed by atoms with Gasteiger partial charge in [0, 0.05) is 12.2 Å². The number of hydrogen-bond donors (Lipinski definition) is 2. The molecule has 0 saturated heterocycles. The Kier molecular flexibility index (Phi) is 3.85. The van der Waals surface area contributed by atoms with E-state index in [4.69, 9.17) is 5.11 Å². The van der Waals surface area contributed by atoms with Gasteiger partial charge in [-0.25, -0.2) is 4.79 Å². The summed E-state index contributed by atoms with van der Waals surface area (Å²) in [6, 6.07) is 13.2. The average Bonchev–Trinajstić information content (AvgIpc) is 2.40. The van der Waals surface area contributed by atoms with Crippen molar-refractivity contribution in [2.75, 3.05) is 5.32 Å². The molecule has 0 bridgehead atoms. The van der Waals surface area contributed by atoms with Gasteiger partial charge in [-0.2, -0.15) is 0 Å². The standard InChI is InChI=1S/C16H17NO2/c1-11-7-8-12(2)13(9-11)10-17-15-6-4-3-5-14(15)16(18)19/h3-9,17H,10H2,1-2H3,(H,18,19). The first kappa shape index (κ1) is 13.1. The van der Waals surface area contributed by atoms with Crippen LogP contribution >= 0.6 is 0 Å². The van der Waals surface area contributed by atoms with Crippen molar-refractivity contribution >= 4 is 11.7 Å². The van der Waals surface area contributed by atoms with Crippen LogP contribution in [0.5, 0.6) is 0 Å². The number of nitrogens with one attached hydrogen (secondary N) is 1. The largest absolute Gasteiger partial charge is 0.478 e. The summed E-state index contributed by atoms with van der Waals surface area (Å²) >= 11 is 0. The molecule has 19 heavy (non-hydrogen) atoms. The number of hydrogen-bond acceptors (Lipinski definition) is 2. The minimum Gasteiger partial charge on any atom is -0.478 e. The normalized spacial score (nSPS) is 10.2. The number of carboxylic acids is 1. The highest BCUT2D eigenvalue weighted by Gasteiger charge is 2.08. The molecular weight excluding hydrogens is 238 g/mol. The van der Waals surface area contributed by atoms with E-state index in [1.165, 1.54) is 16.7 Å². The molecule has 2 N–H and O–H groups in total. The number of carbonyl (C=O) groups is 1. The fraction of sp³-hybridized carbons (Fsp3) is 0.188. The van der Waals surface area contributed by atoms with E-state index in [1.54, 1.807) is 18.2 Å². The average molecular weight is 255 g/mol. The summed E-state index contributed by atoms with van der Waals surface area (Å²) in [7, 11) is 0. The van der Waals surface area contributed by atoms with Gasteiger partial charge in [-0.1, -0.05) is 35.9 Å². The van der Waals surface area contributed by atoms with Gasteiger partial charge >= 0.3 is 5.97 Å². The molecule has 0 saturated carbocycles. The maximum Gasteiger partial charge on any atom is 0.337 e. The second kappa shape index (κ2) is 5.57. The summed E-state index contributed by atoms with van der Waals surface area (Å²) in [5.74, 6) is -0.913. The monoisotopic (exact) mass is 255 g/mol. The second-order valence-electron chi connectivity index (χ2n) is 4.63. The third-order valence-electron chi connectivity index (χ3n) is 3.13. The first-order valence-corrected chi connectivity index (χ1v) is 6.20. The third kappa shape index (κ3) is 3.13. The zero-order chi connectivity index (χ0) is 13.8. The number of para-hydroxylation sites is 1. The van der Waals surface area contributed by atoms with Gasteiger partial charge in [-0.05, 0) is 37.1 Å². The topological polar surface area (TPSA) is 49.3 Å². The van der Waals surface area contributed by atoms with Gasteiger partial charge in [-0.15, -0.1) is 0 Å². The van der Waals surface area contributed by atoms with E-state index in [0.29, 0.717) is 17.8 Å². The second-order valence-corrected chi connectivity index (χ2v) is 4.63. The van der Waals surface area contributed by atoms with E-state index in [-0.39, 0.29) is 0 Å². The Bertz CT molecular complexity index is 605. The number of carboxylic acid groups (broad SMARTS) is 1. The molecule has 0 aliphatic heterocycles. The molecule has 0 heterocycles. The predicted octanol–water partition coefficient (Wildman–Crippen LogP) is 3.61. The van der Waals surface area contributed by atoms with Crippen molar-refractivity contribution in [1.29, 1.82) is 0 Å². The lowest BCUT2D eigenvalue weighted by Gasteiger charge is -2.12. The van der Waals surface area contributed by atoms with Gasteiger partial charge in [-0.3, -0.25) is 0 Å². The van der Waals surface area contributed by atoms with Gasteiger partial charge in [0.25, 0.3) is 0 Å². The highest BCUT2D eigenvalue weighted by molar-refractivity contribution is 5.94. The molecule has 98 valence electrons. The molecule has 2 aromatic carbocycles. The van der Waals surface area contributed by atoms with Crippen molar-refractivity contribution in [1.82, 2.24) is 0 Å². The molecule has 3 heteroatoms. The van der Waals surface area contributed by atoms with Crippen LogP contribution in [-0.4, -0.2) is 11.1 Å². The third-order valence-corrected chi connectivity index (χ3v) is 3.13. The summed E-state index contributed by atoms with van der Waals surface area (Å²) in [4.78, 5) is 11.1. The minimum absolute atomic E-state index is 0.299. The molecule has 3 nitrogen and oxygen atoms in total. The van der Waals surface area contributed by atoms with Crippen molar-refractivity contribution in [2.45, 2.75) is 20.4 Å². The smallest absolute Gasteiger partial charge is 0.337 e. The first-order valence-electron chi connectivity index (χ1n) is 6.20. The van der Waals surface area contributed by atoms with Gasteiger partial charge in [0.2, 0.25) is 0 Å². The first-order chi connectivity index (χ1) is 9.08. The molecule has 0 aliphatic rings. The predicted molar refractivity (Wildman–Crippen MR) is 76.6 cm³/mol. The van der Waals surface area contributed by atoms with E-state index < -0.39 is 5.97 Å². The highest BCUT2D eigenvalue weighted by Crippen LogP contribution is 2.18. The molecule has 0 aromatic heterocycles. The van der Waals surface area contributed by atoms with Crippen LogP contribution in [0.3, 0.4) is 0 Å². The summed E-state index contributed by atoms with van der Waals surface area (Å²) in [6.45, 7) is 4.73. The quantitative estimate of drug-likeness (QED) is 0.877. The SMILES string of the molecule is Cc1ccc(C)c(CNc2ccccc2C(=O)O)c1. The Morgan fingerprint density at radius 2 is 1.89 bits per heavy atom. The number of rotatable bonds is 4. The van der Waals surface area contributed by atoms with Crippen LogP contribution in [0.15, 0.2) is 42.5 Å². The summed E-state index contributed by atoms with van der Waals surface area (Å²) in [5, 5.41) is 12.3. The molecule has 0 fully saturated rings. The summed E-state index contributed by atoms with van der Waals surface area (Å²) < 4.78 is 0. The molecule has 2 aromatic rings. The van der Waals surface area contributed by atoms with E-state index in [9.17, 15) is 4.79 Å². The maximum atomic E-state index is 11.1. The van der Waals surface area contributed by atoms with E-state index in [1.807, 2.05) is 13.0 Å². The van der Waals surface area contributed by atoms with Crippen LogP contribution in [0.1, 0.15) is 27.0 Å². The molecule has 0 unspecified atom stereocenters. The van der Waals surface area contributed by atoms with Crippen LogP contribution in [0.4, 0.5) is 5.69 Å². The molecule has 0 amide bonds. The van der Waals surface area contributed by atoms with Crippen LogP contribution in [0.25, 0.3) is 0 Å². The lowest BCUT2D eigenvalue weighted by atomic mass is 10.1. The number of benzene rings is 2. The zero-order valence-corrected chi connectivity index (χ0v) is 11.1. The Hall–Kier alpha value is -2.29. The van der Waals surface area contributed by atoms with Gasteiger partial charge in [0.1, 0.15) is 0 Å². The van der Waals surface area contributed by atoms with Crippen molar-refractivity contribution < 1.29 is 9.90 Å². The molecule has 0 atom stereocenters. The lowest BCUT2D eigenvalue weighted by molar-refractivity contribution is 0.0698. The van der Waals surface area contributed by atoms with Crippen molar-refractivity contribution in [2.24, 2.45) is 0 Å².